The maximum absolute atomic E-state index is 13.7. The molecule has 0 amide bonds. The van der Waals surface area contributed by atoms with Crippen molar-refractivity contribution in [3.05, 3.63) is 35.4 Å². The number of hydrogen-bond acceptors (Lipinski definition) is 1. The highest BCUT2D eigenvalue weighted by molar-refractivity contribution is 5.20. The molecule has 1 fully saturated rings. The van der Waals surface area contributed by atoms with Crippen LogP contribution in [0.5, 0.6) is 0 Å². The number of likely N-dealkylation sites (N-methyl/N-ethyl adjacent to an activating group) is 1. The molecule has 18 heavy (non-hydrogen) atoms. The molecule has 0 bridgehead atoms. The molecule has 0 aliphatic heterocycles. The third kappa shape index (κ3) is 2.89. The van der Waals surface area contributed by atoms with Gasteiger partial charge in [-0.2, -0.15) is 0 Å². The van der Waals surface area contributed by atoms with Gasteiger partial charge in [0.1, 0.15) is 0 Å². The average Bonchev–Trinajstić information content (AvgIpc) is 2.78. The normalized spacial score (nSPS) is 25.3. The van der Waals surface area contributed by atoms with Crippen LogP contribution in [-0.4, -0.2) is 13.1 Å². The molecule has 0 spiro atoms. The maximum Gasteiger partial charge on any atom is 0.162 e. The smallest absolute Gasteiger partial charge is 0.162 e. The summed E-state index contributed by atoms with van der Waals surface area (Å²) in [4.78, 5) is 0. The van der Waals surface area contributed by atoms with E-state index in [0.29, 0.717) is 17.9 Å². The monoisotopic (exact) mass is 253 g/mol. The molecule has 100 valence electrons. The zero-order valence-electron chi connectivity index (χ0n) is 11.0. The van der Waals surface area contributed by atoms with Gasteiger partial charge in [0.05, 0.1) is 0 Å². The fraction of sp³-hybridized carbons (Fsp3) is 0.600. The first-order valence-corrected chi connectivity index (χ1v) is 6.72. The summed E-state index contributed by atoms with van der Waals surface area (Å²) in [5.41, 5.74) is 0.480. The van der Waals surface area contributed by atoms with Crippen molar-refractivity contribution in [2.45, 2.75) is 38.6 Å². The van der Waals surface area contributed by atoms with E-state index in [0.717, 1.165) is 5.92 Å². The summed E-state index contributed by atoms with van der Waals surface area (Å²) in [6.45, 7) is 2.26. The van der Waals surface area contributed by atoms with Crippen LogP contribution in [0.15, 0.2) is 18.2 Å². The number of rotatable bonds is 4. The van der Waals surface area contributed by atoms with Crippen molar-refractivity contribution < 1.29 is 8.78 Å². The second-order valence-electron chi connectivity index (χ2n) is 5.49. The average molecular weight is 253 g/mol. The summed E-state index contributed by atoms with van der Waals surface area (Å²) >= 11 is 0. The summed E-state index contributed by atoms with van der Waals surface area (Å²) in [6.07, 6.45) is 4.18. The molecule has 1 nitrogen and oxygen atoms in total. The minimum Gasteiger partial charge on any atom is -0.316 e. The van der Waals surface area contributed by atoms with Gasteiger partial charge in [-0.05, 0) is 49.8 Å². The summed E-state index contributed by atoms with van der Waals surface area (Å²) < 4.78 is 26.8. The Bertz CT molecular complexity index is 405. The lowest BCUT2D eigenvalue weighted by Crippen LogP contribution is -2.34. The van der Waals surface area contributed by atoms with Crippen molar-refractivity contribution in [1.29, 1.82) is 0 Å². The van der Waals surface area contributed by atoms with Crippen molar-refractivity contribution in [2.75, 3.05) is 7.05 Å². The first-order valence-electron chi connectivity index (χ1n) is 6.72. The molecule has 2 rings (SSSR count). The summed E-state index contributed by atoms with van der Waals surface area (Å²) in [5.74, 6) is -0.109. The van der Waals surface area contributed by atoms with Gasteiger partial charge in [0.25, 0.3) is 0 Å². The standard InChI is InChI=1S/C15H21F2N/c1-10-6-7-11(8-10)14(18-2)9-12-4-3-5-13(16)15(12)17/h3-5,10-11,14,18H,6-9H2,1-2H3. The van der Waals surface area contributed by atoms with E-state index in [4.69, 9.17) is 0 Å². The van der Waals surface area contributed by atoms with Crippen molar-refractivity contribution in [2.24, 2.45) is 11.8 Å². The molecule has 0 radical (unpaired) electrons. The largest absolute Gasteiger partial charge is 0.316 e. The highest BCUT2D eigenvalue weighted by Gasteiger charge is 2.28. The van der Waals surface area contributed by atoms with Gasteiger partial charge in [-0.25, -0.2) is 8.78 Å². The van der Waals surface area contributed by atoms with Crippen molar-refractivity contribution in [3.63, 3.8) is 0 Å². The van der Waals surface area contributed by atoms with Crippen LogP contribution in [0, 0.1) is 23.5 Å². The lowest BCUT2D eigenvalue weighted by atomic mass is 9.91. The second kappa shape index (κ2) is 5.79. The number of nitrogens with one attached hydrogen (secondary N) is 1. The number of benzene rings is 1. The molecule has 3 unspecified atom stereocenters. The van der Waals surface area contributed by atoms with Crippen LogP contribution in [0.3, 0.4) is 0 Å². The Kier molecular flexibility index (Phi) is 4.33. The summed E-state index contributed by atoms with van der Waals surface area (Å²) in [7, 11) is 1.91. The second-order valence-corrected chi connectivity index (χ2v) is 5.49. The minimum absolute atomic E-state index is 0.242. The van der Waals surface area contributed by atoms with Crippen LogP contribution < -0.4 is 5.32 Å². The molecule has 1 N–H and O–H groups in total. The van der Waals surface area contributed by atoms with Gasteiger partial charge >= 0.3 is 0 Å². The fourth-order valence-corrected chi connectivity index (χ4v) is 3.06. The molecule has 3 atom stereocenters. The van der Waals surface area contributed by atoms with Crippen LogP contribution in [0.25, 0.3) is 0 Å². The first-order chi connectivity index (χ1) is 8.61. The van der Waals surface area contributed by atoms with E-state index in [-0.39, 0.29) is 6.04 Å². The lowest BCUT2D eigenvalue weighted by molar-refractivity contribution is 0.362. The highest BCUT2D eigenvalue weighted by Crippen LogP contribution is 2.33. The van der Waals surface area contributed by atoms with Crippen LogP contribution >= 0.6 is 0 Å². The number of halogens is 2. The third-order valence-corrected chi connectivity index (χ3v) is 4.15. The molecular formula is C15H21F2N. The Morgan fingerprint density at radius 3 is 2.72 bits per heavy atom. The van der Waals surface area contributed by atoms with Gasteiger partial charge < -0.3 is 5.32 Å². The van der Waals surface area contributed by atoms with Crippen LogP contribution in [0.1, 0.15) is 31.7 Å². The van der Waals surface area contributed by atoms with Gasteiger partial charge in [-0.15, -0.1) is 0 Å². The molecule has 3 heteroatoms. The van der Waals surface area contributed by atoms with E-state index in [2.05, 4.69) is 12.2 Å². The SMILES string of the molecule is CNC(Cc1cccc(F)c1F)C1CCC(C)C1. The van der Waals surface area contributed by atoms with Crippen LogP contribution in [0.4, 0.5) is 8.78 Å². The third-order valence-electron chi connectivity index (χ3n) is 4.15. The predicted molar refractivity (Wildman–Crippen MR) is 69.4 cm³/mol. The Labute approximate surface area is 108 Å². The van der Waals surface area contributed by atoms with E-state index in [1.807, 2.05) is 7.05 Å². The van der Waals surface area contributed by atoms with Crippen molar-refractivity contribution in [1.82, 2.24) is 5.32 Å². The zero-order valence-corrected chi connectivity index (χ0v) is 11.0. The van der Waals surface area contributed by atoms with Gasteiger partial charge in [0.2, 0.25) is 0 Å². The molecule has 1 aromatic rings. The molecular weight excluding hydrogens is 232 g/mol. The topological polar surface area (TPSA) is 12.0 Å². The van der Waals surface area contributed by atoms with Gasteiger partial charge in [-0.3, -0.25) is 0 Å². The van der Waals surface area contributed by atoms with E-state index in [1.165, 1.54) is 25.3 Å². The van der Waals surface area contributed by atoms with Crippen LogP contribution in [0.2, 0.25) is 0 Å². The van der Waals surface area contributed by atoms with Crippen molar-refractivity contribution >= 4 is 0 Å². The van der Waals surface area contributed by atoms with E-state index in [9.17, 15) is 8.78 Å². The summed E-state index contributed by atoms with van der Waals surface area (Å²) in [6, 6.07) is 4.68. The van der Waals surface area contributed by atoms with Gasteiger partial charge in [0, 0.05) is 6.04 Å². The lowest BCUT2D eigenvalue weighted by Gasteiger charge is -2.23. The van der Waals surface area contributed by atoms with E-state index in [1.54, 1.807) is 12.1 Å². The quantitative estimate of drug-likeness (QED) is 0.865. The van der Waals surface area contributed by atoms with E-state index >= 15 is 0 Å². The zero-order chi connectivity index (χ0) is 13.1. The first kappa shape index (κ1) is 13.5. The van der Waals surface area contributed by atoms with Gasteiger partial charge in [0.15, 0.2) is 11.6 Å². The minimum atomic E-state index is -0.748. The highest BCUT2D eigenvalue weighted by atomic mass is 19.2. The molecule has 1 aromatic carbocycles. The molecule has 0 heterocycles. The maximum atomic E-state index is 13.7. The Morgan fingerprint density at radius 1 is 1.33 bits per heavy atom. The Morgan fingerprint density at radius 2 is 2.11 bits per heavy atom. The van der Waals surface area contributed by atoms with Crippen molar-refractivity contribution in [3.8, 4) is 0 Å². The molecule has 0 saturated heterocycles. The molecule has 1 aliphatic rings. The van der Waals surface area contributed by atoms with E-state index < -0.39 is 11.6 Å². The Balaban J connectivity index is 2.08. The summed E-state index contributed by atoms with van der Waals surface area (Å²) in [5, 5.41) is 3.27. The number of hydrogen-bond donors (Lipinski definition) is 1. The molecule has 1 aliphatic carbocycles. The Hall–Kier alpha value is -0.960. The molecule has 1 saturated carbocycles. The van der Waals surface area contributed by atoms with Gasteiger partial charge in [-0.1, -0.05) is 25.5 Å². The fourth-order valence-electron chi connectivity index (χ4n) is 3.06. The molecule has 0 aromatic heterocycles. The van der Waals surface area contributed by atoms with Crippen LogP contribution in [-0.2, 0) is 6.42 Å². The predicted octanol–water partition coefficient (Wildman–Crippen LogP) is 3.53.